The molecule has 0 saturated carbocycles. The number of nitrogens with zero attached hydrogens (tertiary/aromatic N) is 2. The van der Waals surface area contributed by atoms with Gasteiger partial charge in [-0.15, -0.1) is 0 Å². The zero-order valence-electron chi connectivity index (χ0n) is 25.7. The van der Waals surface area contributed by atoms with E-state index in [4.69, 9.17) is 23.2 Å². The van der Waals surface area contributed by atoms with Gasteiger partial charge in [-0.2, -0.15) is 0 Å². The van der Waals surface area contributed by atoms with Crippen LogP contribution >= 0.6 is 23.2 Å². The highest BCUT2D eigenvalue weighted by molar-refractivity contribution is 7.92. The Morgan fingerprint density at radius 2 is 1.40 bits per heavy atom. The summed E-state index contributed by atoms with van der Waals surface area (Å²) in [5, 5.41) is 3.41. The lowest BCUT2D eigenvalue weighted by atomic mass is 10.0. The molecule has 0 aliphatic rings. The fourth-order valence-corrected chi connectivity index (χ4v) is 6.51. The van der Waals surface area contributed by atoms with Crippen molar-refractivity contribution in [1.82, 2.24) is 10.2 Å². The average molecular weight is 667 g/mol. The zero-order chi connectivity index (χ0) is 32.8. The first-order valence-corrected chi connectivity index (χ1v) is 16.7. The van der Waals surface area contributed by atoms with Crippen LogP contribution in [0.1, 0.15) is 37.5 Å². The number of amides is 2. The van der Waals surface area contributed by atoms with Gasteiger partial charge in [0.2, 0.25) is 11.8 Å². The molecule has 7 nitrogen and oxygen atoms in total. The highest BCUT2D eigenvalue weighted by atomic mass is 35.5. The molecule has 0 radical (unpaired) electrons. The Morgan fingerprint density at radius 1 is 0.800 bits per heavy atom. The molecule has 0 fully saturated rings. The van der Waals surface area contributed by atoms with E-state index in [9.17, 15) is 18.0 Å². The van der Waals surface area contributed by atoms with Crippen molar-refractivity contribution < 1.29 is 18.0 Å². The fourth-order valence-electron chi connectivity index (χ4n) is 4.79. The maximum Gasteiger partial charge on any atom is 0.264 e. The molecule has 0 bridgehead atoms. The fraction of sp³-hybridized carbons (Fsp3) is 0.257. The molecule has 0 aromatic heterocycles. The third-order valence-corrected chi connectivity index (χ3v) is 9.57. The van der Waals surface area contributed by atoms with Crippen molar-refractivity contribution in [2.75, 3.05) is 10.8 Å². The van der Waals surface area contributed by atoms with Crippen molar-refractivity contribution >= 4 is 50.7 Å². The van der Waals surface area contributed by atoms with Gasteiger partial charge in [0.15, 0.2) is 0 Å². The first-order valence-electron chi connectivity index (χ1n) is 14.5. The molecule has 0 aliphatic carbocycles. The van der Waals surface area contributed by atoms with E-state index >= 15 is 0 Å². The summed E-state index contributed by atoms with van der Waals surface area (Å²) >= 11 is 12.5. The van der Waals surface area contributed by atoms with Crippen molar-refractivity contribution in [3.63, 3.8) is 0 Å². The van der Waals surface area contributed by atoms with Gasteiger partial charge in [0.1, 0.15) is 12.6 Å². The first-order chi connectivity index (χ1) is 21.2. The summed E-state index contributed by atoms with van der Waals surface area (Å²) in [6.45, 7) is 7.06. The van der Waals surface area contributed by atoms with Crippen LogP contribution in [-0.4, -0.2) is 43.3 Å². The third kappa shape index (κ3) is 9.10. The number of carbonyl (C=O) groups excluding carboxylic acids is 2. The van der Waals surface area contributed by atoms with Gasteiger partial charge in [0.05, 0.1) is 20.6 Å². The van der Waals surface area contributed by atoms with Gasteiger partial charge in [-0.25, -0.2) is 8.42 Å². The smallest absolute Gasteiger partial charge is 0.264 e. The number of sulfonamides is 1. The second-order valence-electron chi connectivity index (χ2n) is 11.9. The number of anilines is 1. The highest BCUT2D eigenvalue weighted by Gasteiger charge is 2.35. The van der Waals surface area contributed by atoms with E-state index in [2.05, 4.69) is 5.32 Å². The molecule has 0 spiro atoms. The minimum absolute atomic E-state index is 0.000248. The molecule has 0 unspecified atom stereocenters. The lowest BCUT2D eigenvalue weighted by Gasteiger charge is -2.35. The average Bonchev–Trinajstić information content (AvgIpc) is 3.00. The summed E-state index contributed by atoms with van der Waals surface area (Å²) in [6.07, 6.45) is 0.221. The van der Waals surface area contributed by atoms with Crippen molar-refractivity contribution in [3.8, 4) is 0 Å². The topological polar surface area (TPSA) is 86.8 Å². The number of rotatable bonds is 11. The van der Waals surface area contributed by atoms with E-state index in [1.54, 1.807) is 18.2 Å². The minimum Gasteiger partial charge on any atom is -0.350 e. The van der Waals surface area contributed by atoms with Crippen LogP contribution < -0.4 is 9.62 Å². The Hall–Kier alpha value is -3.85. The van der Waals surface area contributed by atoms with Crippen molar-refractivity contribution in [3.05, 3.63) is 130 Å². The lowest BCUT2D eigenvalue weighted by molar-refractivity contribution is -0.140. The van der Waals surface area contributed by atoms with Crippen LogP contribution in [0.15, 0.2) is 108 Å². The Labute approximate surface area is 275 Å². The monoisotopic (exact) mass is 665 g/mol. The van der Waals surface area contributed by atoms with E-state index in [0.29, 0.717) is 0 Å². The molecule has 2 amide bonds. The summed E-state index contributed by atoms with van der Waals surface area (Å²) in [7, 11) is -4.24. The van der Waals surface area contributed by atoms with Gasteiger partial charge in [-0.1, -0.05) is 102 Å². The summed E-state index contributed by atoms with van der Waals surface area (Å²) in [6, 6.07) is 28.4. The SMILES string of the molecule is Cc1ccc(CN(C(=O)CN(c2ccc(Cl)c(Cl)c2)S(=O)(=O)c2ccccc2)[C@H](Cc2ccccc2)C(=O)NC(C)(C)C)cc1. The zero-order valence-corrected chi connectivity index (χ0v) is 28.0. The van der Waals surface area contributed by atoms with Crippen LogP contribution in [0, 0.1) is 6.92 Å². The predicted molar refractivity (Wildman–Crippen MR) is 181 cm³/mol. The van der Waals surface area contributed by atoms with Crippen molar-refractivity contribution in [1.29, 1.82) is 0 Å². The Bertz CT molecular complexity index is 1730. The maximum absolute atomic E-state index is 14.5. The minimum atomic E-state index is -4.24. The Morgan fingerprint density at radius 3 is 1.98 bits per heavy atom. The van der Waals surface area contributed by atoms with Crippen LogP contribution in [0.3, 0.4) is 0 Å². The molecule has 4 aromatic rings. The number of carbonyl (C=O) groups is 2. The van der Waals surface area contributed by atoms with Gasteiger partial charge in [-0.3, -0.25) is 13.9 Å². The van der Waals surface area contributed by atoms with E-state index in [1.807, 2.05) is 82.3 Å². The van der Waals surface area contributed by atoms with Crippen molar-refractivity contribution in [2.24, 2.45) is 0 Å². The van der Waals surface area contributed by atoms with Crippen LogP contribution in [0.2, 0.25) is 10.0 Å². The van der Waals surface area contributed by atoms with E-state index in [0.717, 1.165) is 21.0 Å². The molecule has 1 N–H and O–H groups in total. The molecule has 4 rings (SSSR count). The maximum atomic E-state index is 14.5. The predicted octanol–water partition coefficient (Wildman–Crippen LogP) is 7.05. The Balaban J connectivity index is 1.82. The van der Waals surface area contributed by atoms with E-state index < -0.39 is 34.1 Å². The quantitative estimate of drug-likeness (QED) is 0.186. The number of halogens is 2. The number of aryl methyl sites for hydroxylation is 1. The number of hydrogen-bond acceptors (Lipinski definition) is 4. The van der Waals surface area contributed by atoms with Crippen LogP contribution in [-0.2, 0) is 32.6 Å². The molecule has 1 atom stereocenters. The van der Waals surface area contributed by atoms with Crippen LogP contribution in [0.25, 0.3) is 0 Å². The molecule has 10 heteroatoms. The van der Waals surface area contributed by atoms with Gasteiger partial charge in [-0.05, 0) is 69.2 Å². The van der Waals surface area contributed by atoms with Gasteiger partial charge in [0.25, 0.3) is 10.0 Å². The Kier molecular flexibility index (Phi) is 11.0. The standard InChI is InChI=1S/C35H37Cl2N3O4S/c1-25-15-17-27(18-16-25)23-39(32(34(42)38-35(2,3)4)21-26-11-7-5-8-12-26)33(41)24-40(28-19-20-30(36)31(37)22-28)45(43,44)29-13-9-6-10-14-29/h5-20,22,32H,21,23-24H2,1-4H3,(H,38,42)/t32-/m1/s1. The van der Waals surface area contributed by atoms with Gasteiger partial charge < -0.3 is 10.2 Å². The first kappa shape index (κ1) is 34.0. The van der Waals surface area contributed by atoms with E-state index in [-0.39, 0.29) is 39.5 Å². The summed E-state index contributed by atoms with van der Waals surface area (Å²) in [4.78, 5) is 29.9. The molecule has 45 heavy (non-hydrogen) atoms. The second kappa shape index (κ2) is 14.5. The van der Waals surface area contributed by atoms with Gasteiger partial charge >= 0.3 is 0 Å². The van der Waals surface area contributed by atoms with Crippen molar-refractivity contribution in [2.45, 2.75) is 57.1 Å². The molecule has 0 heterocycles. The largest absolute Gasteiger partial charge is 0.350 e. The molecule has 236 valence electrons. The molecule has 4 aromatic carbocycles. The van der Waals surface area contributed by atoms with Crippen LogP contribution in [0.5, 0.6) is 0 Å². The summed E-state index contributed by atoms with van der Waals surface area (Å²) < 4.78 is 29.1. The number of hydrogen-bond donors (Lipinski definition) is 1. The normalized spacial score (nSPS) is 12.3. The molecule has 0 saturated heterocycles. The van der Waals surface area contributed by atoms with Gasteiger partial charge in [0, 0.05) is 18.5 Å². The molecular weight excluding hydrogens is 629 g/mol. The summed E-state index contributed by atoms with van der Waals surface area (Å²) in [5.41, 5.74) is 2.28. The molecular formula is C35H37Cl2N3O4S. The second-order valence-corrected chi connectivity index (χ2v) is 14.6. The van der Waals surface area contributed by atoms with Crippen LogP contribution in [0.4, 0.5) is 5.69 Å². The lowest BCUT2D eigenvalue weighted by Crippen LogP contribution is -2.56. The number of benzene rings is 4. The van der Waals surface area contributed by atoms with E-state index in [1.165, 1.54) is 35.2 Å². The number of nitrogens with one attached hydrogen (secondary N) is 1. The summed E-state index contributed by atoms with van der Waals surface area (Å²) in [5.74, 6) is -0.912. The molecule has 0 aliphatic heterocycles. The highest BCUT2D eigenvalue weighted by Crippen LogP contribution is 2.31. The third-order valence-electron chi connectivity index (χ3n) is 7.04.